The summed E-state index contributed by atoms with van der Waals surface area (Å²) in [5, 5.41) is 14.6. The zero-order chi connectivity index (χ0) is 17.9. The summed E-state index contributed by atoms with van der Waals surface area (Å²) < 4.78 is 0. The second-order valence-corrected chi connectivity index (χ2v) is 5.84. The molecule has 0 radical (unpaired) electrons. The summed E-state index contributed by atoms with van der Waals surface area (Å²) in [6.07, 6.45) is 3.37. The highest BCUT2D eigenvalue weighted by Gasteiger charge is 2.28. The van der Waals surface area contributed by atoms with Gasteiger partial charge in [-0.3, -0.25) is 30.1 Å². The molecule has 10 heteroatoms. The van der Waals surface area contributed by atoms with Gasteiger partial charge in [0.05, 0.1) is 7.11 Å². The Bertz CT molecular complexity index is 549. The second kappa shape index (κ2) is 10.7. The molecule has 1 heterocycles. The number of amidine groups is 1. The SMILES string of the molecule is CON(C(C)=O)[C@@H](CCCCN=C(C)NO)C(=O)Nc1nccs1. The van der Waals surface area contributed by atoms with Crippen LogP contribution >= 0.6 is 11.3 Å². The summed E-state index contributed by atoms with van der Waals surface area (Å²) in [6, 6.07) is -0.752. The molecule has 24 heavy (non-hydrogen) atoms. The molecule has 0 aliphatic heterocycles. The standard InChI is InChI=1S/C14H23N5O4S/c1-10(18-22)15-7-5-4-6-12(19(23-3)11(2)20)13(21)17-14-16-8-9-24-14/h8-9,12,22H,4-7H2,1-3H3,(H,15,18)(H,16,17,21)/t12-/m0/s1. The van der Waals surface area contributed by atoms with Crippen molar-refractivity contribution in [1.82, 2.24) is 15.5 Å². The fourth-order valence-corrected chi connectivity index (χ4v) is 2.57. The lowest BCUT2D eigenvalue weighted by molar-refractivity contribution is -0.188. The summed E-state index contributed by atoms with van der Waals surface area (Å²) in [5.74, 6) is -0.274. The van der Waals surface area contributed by atoms with E-state index in [1.54, 1.807) is 18.5 Å². The van der Waals surface area contributed by atoms with Gasteiger partial charge in [0.1, 0.15) is 11.9 Å². The minimum Gasteiger partial charge on any atom is -0.300 e. The Hall–Kier alpha value is -2.04. The first kappa shape index (κ1) is 20.0. The first-order valence-corrected chi connectivity index (χ1v) is 8.33. The number of carbonyl (C=O) groups is 2. The second-order valence-electron chi connectivity index (χ2n) is 4.94. The van der Waals surface area contributed by atoms with Gasteiger partial charge in [-0.25, -0.2) is 10.0 Å². The van der Waals surface area contributed by atoms with Gasteiger partial charge in [-0.05, 0) is 26.2 Å². The van der Waals surface area contributed by atoms with Crippen molar-refractivity contribution in [1.29, 1.82) is 0 Å². The highest BCUT2D eigenvalue weighted by atomic mass is 32.1. The third kappa shape index (κ3) is 6.60. The quantitative estimate of drug-likeness (QED) is 0.266. The number of carbonyl (C=O) groups excluding carboxylic acids is 2. The van der Waals surface area contributed by atoms with Crippen LogP contribution in [0.2, 0.25) is 0 Å². The Kier molecular flexibility index (Phi) is 8.90. The molecule has 1 aromatic rings. The summed E-state index contributed by atoms with van der Waals surface area (Å²) in [6.45, 7) is 3.49. The minimum atomic E-state index is -0.752. The van der Waals surface area contributed by atoms with E-state index in [-0.39, 0.29) is 11.8 Å². The maximum Gasteiger partial charge on any atom is 0.251 e. The normalized spacial score (nSPS) is 12.6. The van der Waals surface area contributed by atoms with E-state index in [4.69, 9.17) is 10.0 Å². The van der Waals surface area contributed by atoms with E-state index in [1.165, 1.54) is 25.4 Å². The van der Waals surface area contributed by atoms with Gasteiger partial charge in [-0.2, -0.15) is 0 Å². The molecular weight excluding hydrogens is 334 g/mol. The Labute approximate surface area is 144 Å². The number of anilines is 1. The molecule has 134 valence electrons. The van der Waals surface area contributed by atoms with Gasteiger partial charge in [0.2, 0.25) is 5.91 Å². The monoisotopic (exact) mass is 357 g/mol. The number of nitrogens with zero attached hydrogens (tertiary/aromatic N) is 3. The van der Waals surface area contributed by atoms with Crippen LogP contribution in [-0.4, -0.2) is 52.6 Å². The summed E-state index contributed by atoms with van der Waals surface area (Å²) in [5.41, 5.74) is 1.96. The third-order valence-corrected chi connectivity index (χ3v) is 3.84. The van der Waals surface area contributed by atoms with Crippen LogP contribution in [0.4, 0.5) is 5.13 Å². The molecule has 2 amide bonds. The summed E-state index contributed by atoms with van der Waals surface area (Å²) in [4.78, 5) is 37.3. The van der Waals surface area contributed by atoms with Gasteiger partial charge in [0.25, 0.3) is 5.91 Å². The van der Waals surface area contributed by atoms with Gasteiger partial charge in [0.15, 0.2) is 5.13 Å². The van der Waals surface area contributed by atoms with Crippen molar-refractivity contribution in [3.05, 3.63) is 11.6 Å². The lowest BCUT2D eigenvalue weighted by Crippen LogP contribution is -2.46. The van der Waals surface area contributed by atoms with Crippen LogP contribution in [0.5, 0.6) is 0 Å². The molecule has 0 aliphatic rings. The Morgan fingerprint density at radius 3 is 2.75 bits per heavy atom. The van der Waals surface area contributed by atoms with Crippen molar-refractivity contribution in [2.24, 2.45) is 4.99 Å². The molecule has 0 aliphatic carbocycles. The average molecular weight is 357 g/mol. The molecule has 9 nitrogen and oxygen atoms in total. The van der Waals surface area contributed by atoms with E-state index in [2.05, 4.69) is 15.3 Å². The summed E-state index contributed by atoms with van der Waals surface area (Å²) in [7, 11) is 1.35. The number of thiazole rings is 1. The highest BCUT2D eigenvalue weighted by Crippen LogP contribution is 2.15. The van der Waals surface area contributed by atoms with Gasteiger partial charge in [-0.1, -0.05) is 0 Å². The van der Waals surface area contributed by atoms with E-state index in [0.29, 0.717) is 36.8 Å². The predicted molar refractivity (Wildman–Crippen MR) is 90.8 cm³/mol. The smallest absolute Gasteiger partial charge is 0.251 e. The van der Waals surface area contributed by atoms with Gasteiger partial charge in [0, 0.05) is 25.0 Å². The van der Waals surface area contributed by atoms with E-state index >= 15 is 0 Å². The van der Waals surface area contributed by atoms with Crippen LogP contribution in [-0.2, 0) is 14.4 Å². The number of amides is 2. The summed E-state index contributed by atoms with van der Waals surface area (Å²) >= 11 is 1.30. The fraction of sp³-hybridized carbons (Fsp3) is 0.571. The zero-order valence-electron chi connectivity index (χ0n) is 14.0. The molecule has 0 aromatic carbocycles. The zero-order valence-corrected chi connectivity index (χ0v) is 14.8. The average Bonchev–Trinajstić information content (AvgIpc) is 3.05. The van der Waals surface area contributed by atoms with Gasteiger partial charge in [-0.15, -0.1) is 11.3 Å². The van der Waals surface area contributed by atoms with Crippen molar-refractivity contribution in [3.63, 3.8) is 0 Å². The maximum absolute atomic E-state index is 12.4. The lowest BCUT2D eigenvalue weighted by atomic mass is 10.1. The van der Waals surface area contributed by atoms with Crippen LogP contribution in [0.3, 0.4) is 0 Å². The molecule has 0 saturated heterocycles. The Morgan fingerprint density at radius 1 is 1.46 bits per heavy atom. The molecule has 1 atom stereocenters. The van der Waals surface area contributed by atoms with E-state index in [9.17, 15) is 9.59 Å². The fourth-order valence-electron chi connectivity index (χ4n) is 2.04. The van der Waals surface area contributed by atoms with E-state index < -0.39 is 6.04 Å². The van der Waals surface area contributed by atoms with Crippen LogP contribution < -0.4 is 10.8 Å². The largest absolute Gasteiger partial charge is 0.300 e. The third-order valence-electron chi connectivity index (χ3n) is 3.15. The lowest BCUT2D eigenvalue weighted by Gasteiger charge is -2.27. The maximum atomic E-state index is 12.4. The number of hydroxylamine groups is 3. The molecule has 1 aromatic heterocycles. The first-order valence-electron chi connectivity index (χ1n) is 7.45. The molecule has 3 N–H and O–H groups in total. The van der Waals surface area contributed by atoms with Crippen molar-refractivity contribution >= 4 is 34.1 Å². The highest BCUT2D eigenvalue weighted by molar-refractivity contribution is 7.13. The van der Waals surface area contributed by atoms with Crippen molar-refractivity contribution in [2.75, 3.05) is 19.0 Å². The molecule has 0 fully saturated rings. The van der Waals surface area contributed by atoms with Crippen LogP contribution in [0.25, 0.3) is 0 Å². The molecule has 0 saturated carbocycles. The number of hydrogen-bond donors (Lipinski definition) is 3. The van der Waals surface area contributed by atoms with Crippen molar-refractivity contribution < 1.29 is 19.6 Å². The number of rotatable bonds is 9. The van der Waals surface area contributed by atoms with Crippen molar-refractivity contribution in [3.8, 4) is 0 Å². The first-order chi connectivity index (χ1) is 11.5. The topological polar surface area (TPSA) is 116 Å². The van der Waals surface area contributed by atoms with E-state index in [1.807, 2.05) is 5.48 Å². The predicted octanol–water partition coefficient (Wildman–Crippen LogP) is 1.43. The number of unbranched alkanes of at least 4 members (excludes halogenated alkanes) is 1. The molecular formula is C14H23N5O4S. The van der Waals surface area contributed by atoms with E-state index in [0.717, 1.165) is 5.06 Å². The molecule has 0 spiro atoms. The van der Waals surface area contributed by atoms with Crippen LogP contribution in [0, 0.1) is 0 Å². The number of aromatic nitrogens is 1. The van der Waals surface area contributed by atoms with Crippen molar-refractivity contribution in [2.45, 2.75) is 39.2 Å². The molecule has 0 unspecified atom stereocenters. The van der Waals surface area contributed by atoms with Crippen LogP contribution in [0.15, 0.2) is 16.6 Å². The van der Waals surface area contributed by atoms with Gasteiger partial charge < -0.3 is 5.32 Å². The molecule has 0 bridgehead atoms. The Balaban J connectivity index is 2.64. The minimum absolute atomic E-state index is 0.348. The number of hydrogen-bond acceptors (Lipinski definition) is 7. The Morgan fingerprint density at radius 2 is 2.21 bits per heavy atom. The van der Waals surface area contributed by atoms with Crippen LogP contribution in [0.1, 0.15) is 33.1 Å². The molecule has 1 rings (SSSR count). The number of nitrogens with one attached hydrogen (secondary N) is 2. The van der Waals surface area contributed by atoms with Gasteiger partial charge >= 0.3 is 0 Å². The number of aliphatic imine (C=N–C) groups is 1.